The molecule has 3 aromatic rings. The Morgan fingerprint density at radius 2 is 1.92 bits per heavy atom. The highest BCUT2D eigenvalue weighted by Crippen LogP contribution is 2.36. The molecule has 0 amide bonds. The highest BCUT2D eigenvalue weighted by atomic mass is 16.6. The molecule has 0 radical (unpaired) electrons. The molecular formula is C20H23N3O3. The molecule has 0 aliphatic carbocycles. The van der Waals surface area contributed by atoms with Gasteiger partial charge in [-0.25, -0.2) is 4.98 Å². The molecule has 136 valence electrons. The molecule has 2 heterocycles. The van der Waals surface area contributed by atoms with Crippen molar-refractivity contribution in [2.24, 2.45) is 5.73 Å². The first-order valence-electron chi connectivity index (χ1n) is 8.89. The Morgan fingerprint density at radius 3 is 2.69 bits per heavy atom. The van der Waals surface area contributed by atoms with Crippen LogP contribution in [0, 0.1) is 0 Å². The molecule has 6 nitrogen and oxygen atoms in total. The van der Waals surface area contributed by atoms with Crippen LogP contribution in [-0.2, 0) is 17.6 Å². The number of benzene rings is 2. The maximum absolute atomic E-state index is 5.83. The molecular weight excluding hydrogens is 330 g/mol. The molecule has 1 aliphatic heterocycles. The second kappa shape index (κ2) is 7.35. The first kappa shape index (κ1) is 16.9. The minimum Gasteiger partial charge on any atom is -0.486 e. The van der Waals surface area contributed by atoms with Gasteiger partial charge < -0.3 is 19.9 Å². The molecule has 0 bridgehead atoms. The van der Waals surface area contributed by atoms with Crippen molar-refractivity contribution in [3.05, 3.63) is 47.8 Å². The SMILES string of the molecule is COCCc1cccc(-n2c(CCN)nc3cc4c(cc32)OCCO4)c1. The van der Waals surface area contributed by atoms with Crippen molar-refractivity contribution < 1.29 is 14.2 Å². The number of nitrogens with two attached hydrogens (primary N) is 1. The quantitative estimate of drug-likeness (QED) is 0.737. The van der Waals surface area contributed by atoms with Gasteiger partial charge in [0.1, 0.15) is 19.0 Å². The lowest BCUT2D eigenvalue weighted by Crippen LogP contribution is -2.15. The number of aromatic nitrogens is 2. The highest BCUT2D eigenvalue weighted by Gasteiger charge is 2.19. The standard InChI is InChI=1S/C20H23N3O3/c1-24-8-6-14-3-2-4-15(11-14)23-17-13-19-18(25-9-10-26-19)12-16(17)22-20(23)5-7-21/h2-4,11-13H,5-10,21H2,1H3. The van der Waals surface area contributed by atoms with Gasteiger partial charge in [0, 0.05) is 31.4 Å². The number of ether oxygens (including phenoxy) is 3. The Labute approximate surface area is 152 Å². The number of methoxy groups -OCH3 is 1. The number of hydrogen-bond donors (Lipinski definition) is 1. The number of rotatable bonds is 6. The van der Waals surface area contributed by atoms with E-state index >= 15 is 0 Å². The van der Waals surface area contributed by atoms with E-state index < -0.39 is 0 Å². The topological polar surface area (TPSA) is 71.5 Å². The summed E-state index contributed by atoms with van der Waals surface area (Å²) in [6.45, 7) is 2.37. The molecule has 1 aliphatic rings. The summed E-state index contributed by atoms with van der Waals surface area (Å²) in [7, 11) is 1.72. The molecule has 0 unspecified atom stereocenters. The van der Waals surface area contributed by atoms with E-state index in [4.69, 9.17) is 24.9 Å². The van der Waals surface area contributed by atoms with Crippen molar-refractivity contribution in [1.82, 2.24) is 9.55 Å². The number of fused-ring (bicyclic) bond motifs is 2. The van der Waals surface area contributed by atoms with Gasteiger partial charge in [-0.15, -0.1) is 0 Å². The van der Waals surface area contributed by atoms with E-state index in [1.165, 1.54) is 5.56 Å². The fourth-order valence-corrected chi connectivity index (χ4v) is 3.32. The van der Waals surface area contributed by atoms with Crippen LogP contribution in [0.1, 0.15) is 11.4 Å². The van der Waals surface area contributed by atoms with Crippen LogP contribution in [-0.4, -0.2) is 43.0 Å². The Morgan fingerprint density at radius 1 is 1.12 bits per heavy atom. The maximum Gasteiger partial charge on any atom is 0.163 e. The Kier molecular flexibility index (Phi) is 4.77. The van der Waals surface area contributed by atoms with Gasteiger partial charge in [0.15, 0.2) is 11.5 Å². The van der Waals surface area contributed by atoms with Crippen LogP contribution in [0.2, 0.25) is 0 Å². The number of hydrogen-bond acceptors (Lipinski definition) is 5. The molecule has 0 atom stereocenters. The summed E-state index contributed by atoms with van der Waals surface area (Å²) in [5.74, 6) is 2.45. The Bertz CT molecular complexity index is 920. The summed E-state index contributed by atoms with van der Waals surface area (Å²) in [4.78, 5) is 4.80. The molecule has 4 rings (SSSR count). The summed E-state index contributed by atoms with van der Waals surface area (Å²) in [5, 5.41) is 0. The summed E-state index contributed by atoms with van der Waals surface area (Å²) in [6.07, 6.45) is 1.57. The van der Waals surface area contributed by atoms with E-state index in [2.05, 4.69) is 28.8 Å². The van der Waals surface area contributed by atoms with E-state index in [0.29, 0.717) is 32.8 Å². The monoisotopic (exact) mass is 353 g/mol. The van der Waals surface area contributed by atoms with Crippen molar-refractivity contribution in [1.29, 1.82) is 0 Å². The predicted molar refractivity (Wildman–Crippen MR) is 100 cm³/mol. The number of nitrogens with zero attached hydrogens (tertiary/aromatic N) is 2. The van der Waals surface area contributed by atoms with Crippen molar-refractivity contribution in [2.45, 2.75) is 12.8 Å². The lowest BCUT2D eigenvalue weighted by Gasteiger charge is -2.18. The van der Waals surface area contributed by atoms with Gasteiger partial charge in [0.2, 0.25) is 0 Å². The molecule has 0 fully saturated rings. The van der Waals surface area contributed by atoms with Crippen LogP contribution in [0.4, 0.5) is 0 Å². The molecule has 26 heavy (non-hydrogen) atoms. The molecule has 2 aromatic carbocycles. The van der Waals surface area contributed by atoms with Gasteiger partial charge in [0.25, 0.3) is 0 Å². The number of imidazole rings is 1. The van der Waals surface area contributed by atoms with Gasteiger partial charge in [-0.1, -0.05) is 12.1 Å². The van der Waals surface area contributed by atoms with E-state index in [9.17, 15) is 0 Å². The molecule has 0 saturated heterocycles. The molecule has 0 spiro atoms. The highest BCUT2D eigenvalue weighted by molar-refractivity contribution is 5.82. The first-order valence-corrected chi connectivity index (χ1v) is 8.89. The van der Waals surface area contributed by atoms with Gasteiger partial charge in [-0.3, -0.25) is 4.57 Å². The van der Waals surface area contributed by atoms with Crippen molar-refractivity contribution >= 4 is 11.0 Å². The smallest absolute Gasteiger partial charge is 0.163 e. The van der Waals surface area contributed by atoms with Crippen molar-refractivity contribution in [3.8, 4) is 17.2 Å². The van der Waals surface area contributed by atoms with Gasteiger partial charge in [-0.05, 0) is 30.7 Å². The van der Waals surface area contributed by atoms with Crippen LogP contribution >= 0.6 is 0 Å². The summed E-state index contributed by atoms with van der Waals surface area (Å²) in [6, 6.07) is 12.4. The van der Waals surface area contributed by atoms with E-state index in [0.717, 1.165) is 40.5 Å². The predicted octanol–water partition coefficient (Wildman–Crippen LogP) is 2.49. The zero-order valence-corrected chi connectivity index (χ0v) is 14.9. The van der Waals surface area contributed by atoms with Crippen LogP contribution in [0.15, 0.2) is 36.4 Å². The zero-order valence-electron chi connectivity index (χ0n) is 14.9. The third-order valence-corrected chi connectivity index (χ3v) is 4.52. The molecule has 6 heteroatoms. The maximum atomic E-state index is 5.83. The third-order valence-electron chi connectivity index (χ3n) is 4.52. The third kappa shape index (κ3) is 3.13. The average Bonchev–Trinajstić information content (AvgIpc) is 3.01. The van der Waals surface area contributed by atoms with E-state index in [1.807, 2.05) is 12.1 Å². The summed E-state index contributed by atoms with van der Waals surface area (Å²) < 4.78 is 18.8. The van der Waals surface area contributed by atoms with Gasteiger partial charge in [0.05, 0.1) is 17.6 Å². The Hall–Kier alpha value is -2.57. The van der Waals surface area contributed by atoms with E-state index in [-0.39, 0.29) is 0 Å². The minimum absolute atomic E-state index is 0.541. The molecule has 2 N–H and O–H groups in total. The summed E-state index contributed by atoms with van der Waals surface area (Å²) >= 11 is 0. The fraction of sp³-hybridized carbons (Fsp3) is 0.350. The van der Waals surface area contributed by atoms with Gasteiger partial charge >= 0.3 is 0 Å². The first-order chi connectivity index (χ1) is 12.8. The van der Waals surface area contributed by atoms with Crippen molar-refractivity contribution in [2.75, 3.05) is 33.5 Å². The molecule has 1 aromatic heterocycles. The molecule has 0 saturated carbocycles. The van der Waals surface area contributed by atoms with E-state index in [1.54, 1.807) is 7.11 Å². The second-order valence-electron chi connectivity index (χ2n) is 6.30. The lowest BCUT2D eigenvalue weighted by molar-refractivity contribution is 0.172. The average molecular weight is 353 g/mol. The fourth-order valence-electron chi connectivity index (χ4n) is 3.32. The largest absolute Gasteiger partial charge is 0.486 e. The normalized spacial score (nSPS) is 13.3. The van der Waals surface area contributed by atoms with Crippen LogP contribution in [0.5, 0.6) is 11.5 Å². The van der Waals surface area contributed by atoms with Crippen molar-refractivity contribution in [3.63, 3.8) is 0 Å². The van der Waals surface area contributed by atoms with Gasteiger partial charge in [-0.2, -0.15) is 0 Å². The minimum atomic E-state index is 0.541. The van der Waals surface area contributed by atoms with Crippen LogP contribution in [0.3, 0.4) is 0 Å². The summed E-state index contributed by atoms with van der Waals surface area (Å²) in [5.41, 5.74) is 10.0. The van der Waals surface area contributed by atoms with Crippen LogP contribution in [0.25, 0.3) is 16.7 Å². The lowest BCUT2D eigenvalue weighted by atomic mass is 10.1. The zero-order chi connectivity index (χ0) is 17.9. The Balaban J connectivity index is 1.85. The second-order valence-corrected chi connectivity index (χ2v) is 6.30. The van der Waals surface area contributed by atoms with Crippen LogP contribution < -0.4 is 15.2 Å².